The Labute approximate surface area is 82.7 Å². The van der Waals surface area contributed by atoms with Gasteiger partial charge in [-0.05, 0) is 18.4 Å². The first-order valence-electron chi connectivity index (χ1n) is 4.33. The predicted molar refractivity (Wildman–Crippen MR) is 58.2 cm³/mol. The van der Waals surface area contributed by atoms with Crippen molar-refractivity contribution in [2.75, 3.05) is 23.1 Å². The van der Waals surface area contributed by atoms with Crippen LogP contribution in [0.1, 0.15) is 18.4 Å². The topological polar surface area (TPSA) is 69.9 Å². The fourth-order valence-corrected chi connectivity index (χ4v) is 1.74. The zero-order valence-electron chi connectivity index (χ0n) is 8.08. The largest absolute Gasteiger partial charge is 0.382 e. The summed E-state index contributed by atoms with van der Waals surface area (Å²) in [7, 11) is 0. The van der Waals surface area contributed by atoms with Crippen LogP contribution in [-0.2, 0) is 6.42 Å². The standard InChI is InChI=1S/C8H16N4S/c1-3-13-5-4-7-8(9)12(10)6(2)11-7/h3-5,9-10H2,1-2H3. The van der Waals surface area contributed by atoms with Crippen LogP contribution in [0.15, 0.2) is 0 Å². The van der Waals surface area contributed by atoms with E-state index in [2.05, 4.69) is 11.9 Å². The highest BCUT2D eigenvalue weighted by Crippen LogP contribution is 2.13. The molecule has 0 aliphatic rings. The lowest BCUT2D eigenvalue weighted by Gasteiger charge is -1.99. The Kier molecular flexibility index (Phi) is 3.48. The Morgan fingerprint density at radius 1 is 1.54 bits per heavy atom. The molecule has 0 unspecified atom stereocenters. The third-order valence-corrected chi connectivity index (χ3v) is 2.79. The molecule has 0 saturated carbocycles. The summed E-state index contributed by atoms with van der Waals surface area (Å²) in [5, 5.41) is 0. The fourth-order valence-electron chi connectivity index (χ4n) is 1.12. The summed E-state index contributed by atoms with van der Waals surface area (Å²) < 4.78 is 1.44. The molecule has 0 bridgehead atoms. The SMILES string of the molecule is CCSCCc1nc(C)n(N)c1N. The van der Waals surface area contributed by atoms with Crippen molar-refractivity contribution in [3.8, 4) is 0 Å². The summed E-state index contributed by atoms with van der Waals surface area (Å²) in [4.78, 5) is 4.28. The number of nitrogen functional groups attached to an aromatic ring is 2. The number of nitrogens with two attached hydrogens (primary N) is 2. The van der Waals surface area contributed by atoms with Gasteiger partial charge in [0.2, 0.25) is 0 Å². The molecule has 74 valence electrons. The van der Waals surface area contributed by atoms with Crippen LogP contribution >= 0.6 is 11.8 Å². The predicted octanol–water partition coefficient (Wildman–Crippen LogP) is 0.783. The second-order valence-electron chi connectivity index (χ2n) is 2.81. The Morgan fingerprint density at radius 3 is 2.69 bits per heavy atom. The van der Waals surface area contributed by atoms with Gasteiger partial charge in [-0.25, -0.2) is 9.66 Å². The Hall–Kier alpha value is -0.840. The second kappa shape index (κ2) is 4.41. The monoisotopic (exact) mass is 200 g/mol. The van der Waals surface area contributed by atoms with Gasteiger partial charge in [-0.2, -0.15) is 11.8 Å². The van der Waals surface area contributed by atoms with E-state index in [1.165, 1.54) is 4.68 Å². The zero-order valence-corrected chi connectivity index (χ0v) is 8.90. The van der Waals surface area contributed by atoms with Crippen molar-refractivity contribution in [3.63, 3.8) is 0 Å². The fraction of sp³-hybridized carbons (Fsp3) is 0.625. The Morgan fingerprint density at radius 2 is 2.23 bits per heavy atom. The first-order chi connectivity index (χ1) is 6.16. The van der Waals surface area contributed by atoms with E-state index in [0.29, 0.717) is 5.82 Å². The molecule has 4 nitrogen and oxygen atoms in total. The van der Waals surface area contributed by atoms with Crippen molar-refractivity contribution < 1.29 is 0 Å². The van der Waals surface area contributed by atoms with Gasteiger partial charge in [0.15, 0.2) is 0 Å². The highest BCUT2D eigenvalue weighted by Gasteiger charge is 2.08. The number of anilines is 1. The number of nitrogens with zero attached hydrogens (tertiary/aromatic N) is 2. The molecule has 0 radical (unpaired) electrons. The third kappa shape index (κ3) is 2.30. The molecule has 1 heterocycles. The van der Waals surface area contributed by atoms with Crippen LogP contribution in [0, 0.1) is 6.92 Å². The van der Waals surface area contributed by atoms with Gasteiger partial charge in [0.1, 0.15) is 11.6 Å². The maximum Gasteiger partial charge on any atom is 0.145 e. The van der Waals surface area contributed by atoms with Crippen molar-refractivity contribution in [2.24, 2.45) is 0 Å². The first-order valence-corrected chi connectivity index (χ1v) is 5.48. The first kappa shape index (κ1) is 10.2. The third-order valence-electron chi connectivity index (χ3n) is 1.89. The number of imidazole rings is 1. The summed E-state index contributed by atoms with van der Waals surface area (Å²) in [5.41, 5.74) is 6.67. The number of hydrogen-bond acceptors (Lipinski definition) is 4. The van der Waals surface area contributed by atoms with Crippen LogP contribution in [0.5, 0.6) is 0 Å². The van der Waals surface area contributed by atoms with Gasteiger partial charge in [-0.3, -0.25) is 0 Å². The molecule has 13 heavy (non-hydrogen) atoms. The summed E-state index contributed by atoms with van der Waals surface area (Å²) in [6, 6.07) is 0. The van der Waals surface area contributed by atoms with E-state index in [-0.39, 0.29) is 0 Å². The molecule has 0 fully saturated rings. The van der Waals surface area contributed by atoms with Crippen LogP contribution < -0.4 is 11.6 Å². The van der Waals surface area contributed by atoms with Crippen molar-refractivity contribution in [1.29, 1.82) is 0 Å². The summed E-state index contributed by atoms with van der Waals surface area (Å²) in [6.07, 6.45) is 0.898. The van der Waals surface area contributed by atoms with Crippen molar-refractivity contribution in [3.05, 3.63) is 11.5 Å². The number of thioether (sulfide) groups is 1. The van der Waals surface area contributed by atoms with Gasteiger partial charge in [0.25, 0.3) is 0 Å². The van der Waals surface area contributed by atoms with Crippen LogP contribution in [0.4, 0.5) is 5.82 Å². The summed E-state index contributed by atoms with van der Waals surface area (Å²) >= 11 is 1.88. The smallest absolute Gasteiger partial charge is 0.145 e. The lowest BCUT2D eigenvalue weighted by molar-refractivity contribution is 0.936. The molecule has 0 saturated heterocycles. The van der Waals surface area contributed by atoms with Crippen LogP contribution in [-0.4, -0.2) is 21.2 Å². The second-order valence-corrected chi connectivity index (χ2v) is 4.20. The Bertz CT molecular complexity index is 282. The van der Waals surface area contributed by atoms with Crippen LogP contribution in [0.3, 0.4) is 0 Å². The highest BCUT2D eigenvalue weighted by molar-refractivity contribution is 7.99. The molecule has 1 rings (SSSR count). The minimum atomic E-state index is 0.592. The Balaban J connectivity index is 2.61. The zero-order chi connectivity index (χ0) is 9.84. The summed E-state index contributed by atoms with van der Waals surface area (Å²) in [6.45, 7) is 3.99. The molecule has 5 heteroatoms. The van der Waals surface area contributed by atoms with E-state index >= 15 is 0 Å². The van der Waals surface area contributed by atoms with Crippen molar-refractivity contribution in [1.82, 2.24) is 9.66 Å². The molecular formula is C8H16N4S. The van der Waals surface area contributed by atoms with Crippen molar-refractivity contribution >= 4 is 17.6 Å². The summed E-state index contributed by atoms with van der Waals surface area (Å²) in [5.74, 6) is 9.17. The van der Waals surface area contributed by atoms with E-state index in [0.717, 1.165) is 29.4 Å². The maximum atomic E-state index is 5.75. The van der Waals surface area contributed by atoms with Crippen molar-refractivity contribution in [2.45, 2.75) is 20.3 Å². The molecule has 4 N–H and O–H groups in total. The molecular weight excluding hydrogens is 184 g/mol. The number of aryl methyl sites for hydroxylation is 2. The van der Waals surface area contributed by atoms with Gasteiger partial charge < -0.3 is 11.6 Å². The molecule has 0 amide bonds. The molecule has 0 atom stereocenters. The van der Waals surface area contributed by atoms with Crippen LogP contribution in [0.25, 0.3) is 0 Å². The van der Waals surface area contributed by atoms with Crippen LogP contribution in [0.2, 0.25) is 0 Å². The van der Waals surface area contributed by atoms with Gasteiger partial charge in [-0.1, -0.05) is 6.92 Å². The normalized spacial score (nSPS) is 10.6. The van der Waals surface area contributed by atoms with Gasteiger partial charge in [-0.15, -0.1) is 0 Å². The number of hydrogen-bond donors (Lipinski definition) is 2. The van der Waals surface area contributed by atoms with E-state index < -0.39 is 0 Å². The lowest BCUT2D eigenvalue weighted by Crippen LogP contribution is -2.13. The average molecular weight is 200 g/mol. The quantitative estimate of drug-likeness (QED) is 0.556. The molecule has 1 aromatic heterocycles. The van der Waals surface area contributed by atoms with Gasteiger partial charge >= 0.3 is 0 Å². The average Bonchev–Trinajstić information content (AvgIpc) is 2.34. The van der Waals surface area contributed by atoms with Gasteiger partial charge in [0.05, 0.1) is 5.69 Å². The number of rotatable bonds is 4. The lowest BCUT2D eigenvalue weighted by atomic mass is 10.3. The van der Waals surface area contributed by atoms with E-state index in [1.54, 1.807) is 0 Å². The number of aromatic nitrogens is 2. The maximum absolute atomic E-state index is 5.75. The minimum absolute atomic E-state index is 0.592. The molecule has 0 spiro atoms. The van der Waals surface area contributed by atoms with E-state index in [1.807, 2.05) is 18.7 Å². The molecule has 1 aromatic rings. The van der Waals surface area contributed by atoms with E-state index in [9.17, 15) is 0 Å². The van der Waals surface area contributed by atoms with Gasteiger partial charge in [0, 0.05) is 6.42 Å². The molecule has 0 aromatic carbocycles. The highest BCUT2D eigenvalue weighted by atomic mass is 32.2. The van der Waals surface area contributed by atoms with E-state index in [4.69, 9.17) is 11.6 Å². The minimum Gasteiger partial charge on any atom is -0.382 e. The molecule has 0 aliphatic heterocycles. The molecule has 0 aliphatic carbocycles.